The fraction of sp³-hybridized carbons (Fsp3) is 0.933. The van der Waals surface area contributed by atoms with E-state index >= 15 is 0 Å². The van der Waals surface area contributed by atoms with E-state index < -0.39 is 0 Å². The maximum Gasteiger partial charge on any atom is 0.223 e. The second-order valence-corrected chi connectivity index (χ2v) is 6.30. The maximum atomic E-state index is 11.7. The Morgan fingerprint density at radius 2 is 1.95 bits per heavy atom. The monoisotopic (exact) mass is 268 g/mol. The van der Waals surface area contributed by atoms with Gasteiger partial charge in [-0.2, -0.15) is 0 Å². The minimum Gasteiger partial charge on any atom is -0.393 e. The lowest BCUT2D eigenvalue weighted by Gasteiger charge is -2.37. The van der Waals surface area contributed by atoms with Crippen LogP contribution in [0.3, 0.4) is 0 Å². The van der Waals surface area contributed by atoms with Crippen molar-refractivity contribution in [2.75, 3.05) is 27.2 Å². The van der Waals surface area contributed by atoms with Crippen molar-refractivity contribution >= 4 is 5.91 Å². The van der Waals surface area contributed by atoms with Crippen LogP contribution in [0.15, 0.2) is 0 Å². The lowest BCUT2D eigenvalue weighted by atomic mass is 9.80. The van der Waals surface area contributed by atoms with Crippen molar-refractivity contribution in [1.29, 1.82) is 0 Å². The van der Waals surface area contributed by atoms with Crippen LogP contribution in [0.5, 0.6) is 0 Å². The summed E-state index contributed by atoms with van der Waals surface area (Å²) in [4.78, 5) is 15.8. The van der Waals surface area contributed by atoms with Gasteiger partial charge < -0.3 is 10.0 Å². The molecule has 19 heavy (non-hydrogen) atoms. The topological polar surface area (TPSA) is 43.8 Å². The van der Waals surface area contributed by atoms with Gasteiger partial charge in [0.1, 0.15) is 0 Å². The third-order valence-electron chi connectivity index (χ3n) is 4.80. The molecule has 1 heterocycles. The van der Waals surface area contributed by atoms with Gasteiger partial charge in [-0.1, -0.05) is 12.8 Å². The highest BCUT2D eigenvalue weighted by molar-refractivity contribution is 5.75. The van der Waals surface area contributed by atoms with Gasteiger partial charge in [-0.15, -0.1) is 0 Å². The molecule has 4 nitrogen and oxygen atoms in total. The average molecular weight is 268 g/mol. The van der Waals surface area contributed by atoms with Crippen molar-refractivity contribution in [2.45, 2.75) is 57.1 Å². The standard InChI is InChI=1S/C15H28N2O2/c1-16(2)15(19)9-11-17-10-5-7-13(17)12-6-3-4-8-14(12)18/h12-14,18H,3-11H2,1-2H3. The van der Waals surface area contributed by atoms with Crippen LogP contribution in [0.25, 0.3) is 0 Å². The van der Waals surface area contributed by atoms with Gasteiger partial charge in [-0.3, -0.25) is 9.69 Å². The van der Waals surface area contributed by atoms with E-state index in [2.05, 4.69) is 4.90 Å². The van der Waals surface area contributed by atoms with Gasteiger partial charge in [0.2, 0.25) is 5.91 Å². The van der Waals surface area contributed by atoms with E-state index in [4.69, 9.17) is 0 Å². The van der Waals surface area contributed by atoms with Gasteiger partial charge in [-0.25, -0.2) is 0 Å². The molecular formula is C15H28N2O2. The summed E-state index contributed by atoms with van der Waals surface area (Å²) in [5.41, 5.74) is 0. The molecule has 1 saturated carbocycles. The van der Waals surface area contributed by atoms with Gasteiger partial charge in [0.15, 0.2) is 0 Å². The van der Waals surface area contributed by atoms with Crippen LogP contribution < -0.4 is 0 Å². The molecule has 1 saturated heterocycles. The van der Waals surface area contributed by atoms with E-state index in [0.717, 1.165) is 25.9 Å². The molecule has 4 heteroatoms. The van der Waals surface area contributed by atoms with Crippen LogP contribution in [-0.2, 0) is 4.79 Å². The van der Waals surface area contributed by atoms with Crippen LogP contribution in [0.1, 0.15) is 44.9 Å². The molecule has 1 aliphatic heterocycles. The molecule has 0 aromatic heterocycles. The number of amides is 1. The Hall–Kier alpha value is -0.610. The van der Waals surface area contributed by atoms with Gasteiger partial charge in [0.25, 0.3) is 0 Å². The third-order valence-corrected chi connectivity index (χ3v) is 4.80. The summed E-state index contributed by atoms with van der Waals surface area (Å²) in [6.45, 7) is 1.94. The molecule has 0 bridgehead atoms. The second-order valence-electron chi connectivity index (χ2n) is 6.30. The van der Waals surface area contributed by atoms with E-state index in [-0.39, 0.29) is 12.0 Å². The number of carbonyl (C=O) groups excluding carboxylic acids is 1. The van der Waals surface area contributed by atoms with Gasteiger partial charge >= 0.3 is 0 Å². The quantitative estimate of drug-likeness (QED) is 0.840. The minimum absolute atomic E-state index is 0.121. The Morgan fingerprint density at radius 1 is 1.21 bits per heavy atom. The van der Waals surface area contributed by atoms with Gasteiger partial charge in [0.05, 0.1) is 6.10 Å². The van der Waals surface area contributed by atoms with E-state index in [1.807, 2.05) is 14.1 Å². The predicted molar refractivity (Wildman–Crippen MR) is 75.9 cm³/mol. The van der Waals surface area contributed by atoms with E-state index in [9.17, 15) is 9.90 Å². The van der Waals surface area contributed by atoms with Crippen molar-refractivity contribution in [2.24, 2.45) is 5.92 Å². The molecule has 2 rings (SSSR count). The minimum atomic E-state index is -0.121. The fourth-order valence-corrected chi connectivity index (χ4v) is 3.67. The molecule has 110 valence electrons. The van der Waals surface area contributed by atoms with Crippen LogP contribution in [0.4, 0.5) is 0 Å². The van der Waals surface area contributed by atoms with E-state index in [1.54, 1.807) is 4.90 Å². The first-order chi connectivity index (χ1) is 9.09. The number of carbonyl (C=O) groups is 1. The summed E-state index contributed by atoms with van der Waals surface area (Å²) in [6, 6.07) is 0.505. The summed E-state index contributed by atoms with van der Waals surface area (Å²) in [7, 11) is 3.63. The average Bonchev–Trinajstić information content (AvgIpc) is 2.84. The Morgan fingerprint density at radius 3 is 2.63 bits per heavy atom. The molecule has 0 aromatic carbocycles. The normalized spacial score (nSPS) is 32.5. The lowest BCUT2D eigenvalue weighted by Crippen LogP contribution is -2.43. The smallest absolute Gasteiger partial charge is 0.223 e. The highest BCUT2D eigenvalue weighted by Crippen LogP contribution is 2.34. The number of rotatable bonds is 4. The first kappa shape index (κ1) is 14.8. The SMILES string of the molecule is CN(C)C(=O)CCN1CCCC1C1CCCCC1O. The molecule has 1 N–H and O–H groups in total. The molecule has 0 radical (unpaired) electrons. The number of hydrogen-bond acceptors (Lipinski definition) is 3. The summed E-state index contributed by atoms with van der Waals surface area (Å²) in [5, 5.41) is 10.2. The Bertz CT molecular complexity index is 307. The zero-order chi connectivity index (χ0) is 13.8. The molecule has 1 aliphatic carbocycles. The second kappa shape index (κ2) is 6.71. The number of aliphatic hydroxyl groups excluding tert-OH is 1. The van der Waals surface area contributed by atoms with E-state index in [0.29, 0.717) is 18.4 Å². The Kier molecular flexibility index (Phi) is 5.22. The first-order valence-electron chi connectivity index (χ1n) is 7.72. The molecule has 0 aromatic rings. The van der Waals surface area contributed by atoms with Crippen molar-refractivity contribution in [1.82, 2.24) is 9.80 Å². The summed E-state index contributed by atoms with van der Waals surface area (Å²) < 4.78 is 0. The van der Waals surface area contributed by atoms with Crippen LogP contribution in [0, 0.1) is 5.92 Å². The van der Waals surface area contributed by atoms with Crippen LogP contribution >= 0.6 is 0 Å². The maximum absolute atomic E-state index is 11.7. The summed E-state index contributed by atoms with van der Waals surface area (Å²) in [5.74, 6) is 0.639. The molecule has 0 spiro atoms. The zero-order valence-corrected chi connectivity index (χ0v) is 12.3. The molecule has 1 amide bonds. The third kappa shape index (κ3) is 3.69. The molecule has 3 atom stereocenters. The van der Waals surface area contributed by atoms with Gasteiger partial charge in [0, 0.05) is 39.0 Å². The number of nitrogens with zero attached hydrogens (tertiary/aromatic N) is 2. The lowest BCUT2D eigenvalue weighted by molar-refractivity contribution is -0.129. The number of likely N-dealkylation sites (tertiary alicyclic amines) is 1. The first-order valence-corrected chi connectivity index (χ1v) is 7.72. The van der Waals surface area contributed by atoms with E-state index in [1.165, 1.54) is 25.7 Å². The zero-order valence-electron chi connectivity index (χ0n) is 12.3. The Balaban J connectivity index is 1.87. The largest absolute Gasteiger partial charge is 0.393 e. The van der Waals surface area contributed by atoms with Crippen molar-refractivity contribution < 1.29 is 9.90 Å². The fourth-order valence-electron chi connectivity index (χ4n) is 3.67. The summed E-state index contributed by atoms with van der Waals surface area (Å²) in [6.07, 6.45) is 7.43. The molecule has 2 fully saturated rings. The number of aliphatic hydroxyl groups is 1. The highest BCUT2D eigenvalue weighted by Gasteiger charge is 2.36. The van der Waals surface area contributed by atoms with Crippen LogP contribution in [0.2, 0.25) is 0 Å². The van der Waals surface area contributed by atoms with Crippen LogP contribution in [-0.4, -0.2) is 60.1 Å². The van der Waals surface area contributed by atoms with Crippen molar-refractivity contribution in [3.8, 4) is 0 Å². The number of hydrogen-bond donors (Lipinski definition) is 1. The molecule has 3 unspecified atom stereocenters. The predicted octanol–water partition coefficient (Wildman–Crippen LogP) is 1.48. The molecule has 2 aliphatic rings. The molecular weight excluding hydrogens is 240 g/mol. The van der Waals surface area contributed by atoms with Crippen molar-refractivity contribution in [3.63, 3.8) is 0 Å². The Labute approximate surface area is 116 Å². The van der Waals surface area contributed by atoms with Gasteiger partial charge in [-0.05, 0) is 32.2 Å². The van der Waals surface area contributed by atoms with Crippen molar-refractivity contribution in [3.05, 3.63) is 0 Å². The summed E-state index contributed by atoms with van der Waals surface area (Å²) >= 11 is 0. The highest BCUT2D eigenvalue weighted by atomic mass is 16.3.